The van der Waals surface area contributed by atoms with Crippen LogP contribution >= 0.6 is 0 Å². The minimum atomic E-state index is 0.0718. The largest absolute Gasteiger partial charge is 0.634 e. The fourth-order valence-electron chi connectivity index (χ4n) is 0.777. The van der Waals surface area contributed by atoms with Crippen molar-refractivity contribution in [2.75, 3.05) is 13.1 Å². The molecule has 0 radical (unpaired) electrons. The van der Waals surface area contributed by atoms with E-state index < -0.39 is 0 Å². The van der Waals surface area contributed by atoms with E-state index in [1.54, 1.807) is 0 Å². The Balaban J connectivity index is 2.25. The highest BCUT2D eigenvalue weighted by Gasteiger charge is 2.29. The molecule has 0 atom stereocenters. The fourth-order valence-corrected chi connectivity index (χ4v) is 0.777. The van der Waals surface area contributed by atoms with Gasteiger partial charge in [-0.25, -0.2) is 0 Å². The highest BCUT2D eigenvalue weighted by atomic mass is 16.5. The number of rotatable bonds is 1. The summed E-state index contributed by atoms with van der Waals surface area (Å²) < 4.78 is 0. The summed E-state index contributed by atoms with van der Waals surface area (Å²) in [6.07, 6.45) is 0. The van der Waals surface area contributed by atoms with Crippen molar-refractivity contribution in [3.05, 3.63) is 5.21 Å². The van der Waals surface area contributed by atoms with Crippen LogP contribution in [0.3, 0.4) is 0 Å². The molecule has 0 aromatic carbocycles. The number of quaternary nitrogens is 1. The summed E-state index contributed by atoms with van der Waals surface area (Å²) in [4.78, 5) is 10.4. The highest BCUT2D eigenvalue weighted by molar-refractivity contribution is 5.78. The number of hydrogen-bond donors (Lipinski definition) is 1. The molecule has 1 aliphatic heterocycles. The molecule has 1 aliphatic rings. The van der Waals surface area contributed by atoms with Crippen LogP contribution < -0.4 is 5.06 Å². The van der Waals surface area contributed by atoms with Crippen LogP contribution in [-0.2, 0) is 4.79 Å². The Bertz CT molecular complexity index is 107. The van der Waals surface area contributed by atoms with Gasteiger partial charge in [0, 0.05) is 0 Å². The molecule has 1 fully saturated rings. The Morgan fingerprint density at radius 2 is 2.25 bits per heavy atom. The van der Waals surface area contributed by atoms with E-state index in [4.69, 9.17) is 0 Å². The van der Waals surface area contributed by atoms with Gasteiger partial charge in [0.1, 0.15) is 11.7 Å². The molecule has 0 spiro atoms. The van der Waals surface area contributed by atoms with Gasteiger partial charge in [-0.1, -0.05) is 0 Å². The van der Waals surface area contributed by atoms with Gasteiger partial charge in [-0.3, -0.25) is 4.79 Å². The first kappa shape index (κ1) is 5.72. The minimum Gasteiger partial charge on any atom is -0.634 e. The lowest BCUT2D eigenvalue weighted by Gasteiger charge is -2.36. The molecule has 46 valence electrons. The summed E-state index contributed by atoms with van der Waals surface area (Å²) in [5, 5.41) is 10.5. The Kier molecular flexibility index (Phi) is 1.31. The van der Waals surface area contributed by atoms with Crippen molar-refractivity contribution < 1.29 is 9.86 Å². The monoisotopic (exact) mass is 115 g/mol. The van der Waals surface area contributed by atoms with E-state index in [1.165, 1.54) is 6.92 Å². The molecule has 0 saturated carbocycles. The highest BCUT2D eigenvalue weighted by Crippen LogP contribution is 1.96. The zero-order valence-electron chi connectivity index (χ0n) is 4.81. The molecule has 0 aliphatic carbocycles. The lowest BCUT2D eigenvalue weighted by molar-refractivity contribution is -0.898. The number of hydroxylamine groups is 2. The molecular weight excluding hydrogens is 106 g/mol. The van der Waals surface area contributed by atoms with Crippen molar-refractivity contribution in [1.29, 1.82) is 0 Å². The van der Waals surface area contributed by atoms with Crippen molar-refractivity contribution >= 4 is 5.78 Å². The number of hydrogen-bond acceptors (Lipinski definition) is 2. The number of Topliss-reactive ketones (excluding diaryl/α,β-unsaturated/α-hetero) is 1. The van der Waals surface area contributed by atoms with Crippen molar-refractivity contribution in [3.8, 4) is 0 Å². The van der Waals surface area contributed by atoms with Gasteiger partial charge in [-0.15, -0.1) is 0 Å². The molecule has 0 aromatic heterocycles. The smallest absolute Gasteiger partial charge is 0.144 e. The molecule has 3 heteroatoms. The molecule has 3 nitrogen and oxygen atoms in total. The summed E-state index contributed by atoms with van der Waals surface area (Å²) >= 11 is 0. The van der Waals surface area contributed by atoms with E-state index >= 15 is 0 Å². The molecule has 1 heterocycles. The topological polar surface area (TPSA) is 44.6 Å². The van der Waals surface area contributed by atoms with E-state index in [1.807, 2.05) is 0 Å². The van der Waals surface area contributed by atoms with Gasteiger partial charge in [-0.05, 0) is 6.92 Å². The zero-order chi connectivity index (χ0) is 6.15. The second-order valence-electron chi connectivity index (χ2n) is 2.25. The van der Waals surface area contributed by atoms with Crippen molar-refractivity contribution in [1.82, 2.24) is 0 Å². The third-order valence-corrected chi connectivity index (χ3v) is 1.52. The van der Waals surface area contributed by atoms with Gasteiger partial charge < -0.3 is 10.3 Å². The van der Waals surface area contributed by atoms with E-state index in [0.29, 0.717) is 13.1 Å². The maximum atomic E-state index is 10.4. The van der Waals surface area contributed by atoms with Gasteiger partial charge in [-0.2, -0.15) is 0 Å². The van der Waals surface area contributed by atoms with Crippen LogP contribution in [0.2, 0.25) is 0 Å². The normalized spacial score (nSPS) is 36.2. The average molecular weight is 115 g/mol. The van der Waals surface area contributed by atoms with Crippen molar-refractivity contribution in [3.63, 3.8) is 0 Å². The van der Waals surface area contributed by atoms with Crippen LogP contribution in [0.4, 0.5) is 0 Å². The minimum absolute atomic E-state index is 0.0718. The third kappa shape index (κ3) is 0.877. The van der Waals surface area contributed by atoms with Gasteiger partial charge in [0.2, 0.25) is 0 Å². The van der Waals surface area contributed by atoms with Crippen LogP contribution in [0, 0.1) is 11.1 Å². The van der Waals surface area contributed by atoms with Crippen LogP contribution in [0.25, 0.3) is 0 Å². The molecule has 0 amide bonds. The molecule has 1 N–H and O–H groups in total. The van der Waals surface area contributed by atoms with E-state index in [-0.39, 0.29) is 16.8 Å². The Labute approximate surface area is 47.9 Å². The zero-order valence-corrected chi connectivity index (χ0v) is 4.81. The maximum Gasteiger partial charge on any atom is 0.144 e. The predicted molar refractivity (Wildman–Crippen MR) is 28.2 cm³/mol. The molecular formula is C5H9NO2. The molecule has 0 bridgehead atoms. The van der Waals surface area contributed by atoms with E-state index in [9.17, 15) is 10.0 Å². The number of ketones is 1. The lowest BCUT2D eigenvalue weighted by atomic mass is 9.99. The summed E-state index contributed by atoms with van der Waals surface area (Å²) in [6.45, 7) is 2.53. The Morgan fingerprint density at radius 3 is 2.38 bits per heavy atom. The van der Waals surface area contributed by atoms with Gasteiger partial charge in [0.15, 0.2) is 0 Å². The van der Waals surface area contributed by atoms with Crippen LogP contribution in [0.15, 0.2) is 0 Å². The standard InChI is InChI=1S/C5H9NO2/c1-4(7)5-2-6(8)3-5/h5-6H,2-3H2,1H3. The Hall–Kier alpha value is -0.410. The van der Waals surface area contributed by atoms with Gasteiger partial charge >= 0.3 is 0 Å². The first-order valence-corrected chi connectivity index (χ1v) is 2.72. The van der Waals surface area contributed by atoms with Crippen LogP contribution in [0.1, 0.15) is 6.92 Å². The molecule has 8 heavy (non-hydrogen) atoms. The Morgan fingerprint density at radius 1 is 1.75 bits per heavy atom. The quantitative estimate of drug-likeness (QED) is 0.427. The second-order valence-corrected chi connectivity index (χ2v) is 2.25. The first-order chi connectivity index (χ1) is 3.70. The van der Waals surface area contributed by atoms with E-state index in [0.717, 1.165) is 0 Å². The first-order valence-electron chi connectivity index (χ1n) is 2.72. The van der Waals surface area contributed by atoms with Gasteiger partial charge in [0.05, 0.1) is 13.1 Å². The van der Waals surface area contributed by atoms with Gasteiger partial charge in [0.25, 0.3) is 0 Å². The summed E-state index contributed by atoms with van der Waals surface area (Å²) in [5.41, 5.74) is 0. The van der Waals surface area contributed by atoms with E-state index in [2.05, 4.69) is 0 Å². The van der Waals surface area contributed by atoms with Crippen LogP contribution in [-0.4, -0.2) is 18.9 Å². The molecule has 0 aromatic rings. The van der Waals surface area contributed by atoms with Crippen molar-refractivity contribution in [2.24, 2.45) is 5.92 Å². The average Bonchev–Trinajstić information content (AvgIpc) is 1.57. The lowest BCUT2D eigenvalue weighted by Crippen LogP contribution is -3.16. The maximum absolute atomic E-state index is 10.4. The number of carbonyl (C=O) groups excluding carboxylic acids is 1. The third-order valence-electron chi connectivity index (χ3n) is 1.52. The summed E-state index contributed by atoms with van der Waals surface area (Å²) in [7, 11) is 0. The SMILES string of the molecule is CC(=O)C1C[NH+]([O-])C1. The second kappa shape index (κ2) is 1.84. The van der Waals surface area contributed by atoms with Crippen LogP contribution in [0.5, 0.6) is 0 Å². The number of carbonyl (C=O) groups is 1. The molecule has 1 rings (SSSR count). The molecule has 1 saturated heterocycles. The predicted octanol–water partition coefficient (Wildman–Crippen LogP) is -1.41. The number of nitrogens with one attached hydrogen (secondary N) is 1. The fraction of sp³-hybridized carbons (Fsp3) is 0.800. The molecule has 0 unspecified atom stereocenters. The van der Waals surface area contributed by atoms with Crippen molar-refractivity contribution in [2.45, 2.75) is 6.92 Å². The summed E-state index contributed by atoms with van der Waals surface area (Å²) in [6, 6.07) is 0. The summed E-state index contributed by atoms with van der Waals surface area (Å²) in [5.74, 6) is 0.229.